The first-order valence-corrected chi connectivity index (χ1v) is 7.97. The highest BCUT2D eigenvalue weighted by Gasteiger charge is 2.25. The molecule has 1 atom stereocenters. The zero-order chi connectivity index (χ0) is 14.8. The molecule has 1 unspecified atom stereocenters. The number of hydrogen-bond donors (Lipinski definition) is 0. The molecule has 0 N–H and O–H groups in total. The van der Waals surface area contributed by atoms with Crippen LogP contribution in [0.3, 0.4) is 0 Å². The third-order valence-electron chi connectivity index (χ3n) is 3.95. The van der Waals surface area contributed by atoms with Crippen molar-refractivity contribution in [3.8, 4) is 0 Å². The third-order valence-corrected chi connectivity index (χ3v) is 4.82. The van der Waals surface area contributed by atoms with Crippen molar-refractivity contribution in [1.82, 2.24) is 0 Å². The molecule has 0 bridgehead atoms. The summed E-state index contributed by atoms with van der Waals surface area (Å²) in [6.45, 7) is 1.96. The SMILES string of the molecule is O=[N+]([O-])c1ccc(N2CCC(c3ccccc3)C2)cc1I. The summed E-state index contributed by atoms with van der Waals surface area (Å²) in [5.74, 6) is 0.541. The van der Waals surface area contributed by atoms with Crippen LogP contribution in [0.4, 0.5) is 11.4 Å². The summed E-state index contributed by atoms with van der Waals surface area (Å²) in [5.41, 5.74) is 2.62. The number of halogens is 1. The molecule has 0 aliphatic carbocycles. The Kier molecular flexibility index (Phi) is 4.10. The van der Waals surface area contributed by atoms with Gasteiger partial charge in [-0.05, 0) is 46.7 Å². The third kappa shape index (κ3) is 3.02. The van der Waals surface area contributed by atoms with Crippen molar-refractivity contribution < 1.29 is 4.92 Å². The van der Waals surface area contributed by atoms with Crippen LogP contribution in [0.1, 0.15) is 17.9 Å². The Hall–Kier alpha value is -1.63. The van der Waals surface area contributed by atoms with Crippen LogP contribution in [0.15, 0.2) is 48.5 Å². The lowest BCUT2D eigenvalue weighted by Gasteiger charge is -2.19. The van der Waals surface area contributed by atoms with Gasteiger partial charge in [-0.25, -0.2) is 0 Å². The molecule has 0 aromatic heterocycles. The van der Waals surface area contributed by atoms with Gasteiger partial charge in [0.1, 0.15) is 0 Å². The fourth-order valence-corrected chi connectivity index (χ4v) is 3.53. The first-order chi connectivity index (χ1) is 10.1. The van der Waals surface area contributed by atoms with Gasteiger partial charge in [0.25, 0.3) is 5.69 Å². The molecular weight excluding hydrogens is 379 g/mol. The second-order valence-electron chi connectivity index (χ2n) is 5.24. The molecule has 0 spiro atoms. The predicted octanol–water partition coefficient (Wildman–Crippen LogP) is 4.19. The van der Waals surface area contributed by atoms with E-state index in [1.54, 1.807) is 6.07 Å². The van der Waals surface area contributed by atoms with Gasteiger partial charge in [-0.2, -0.15) is 0 Å². The van der Waals surface area contributed by atoms with E-state index in [-0.39, 0.29) is 10.6 Å². The van der Waals surface area contributed by atoms with Gasteiger partial charge >= 0.3 is 0 Å². The summed E-state index contributed by atoms with van der Waals surface area (Å²) in [4.78, 5) is 12.9. The van der Waals surface area contributed by atoms with Gasteiger partial charge in [0.05, 0.1) is 8.49 Å². The van der Waals surface area contributed by atoms with Crippen LogP contribution < -0.4 is 4.90 Å². The molecule has 0 saturated carbocycles. The number of nitrogens with zero attached hydrogens (tertiary/aromatic N) is 2. The highest BCUT2D eigenvalue weighted by molar-refractivity contribution is 14.1. The Morgan fingerprint density at radius 1 is 1.19 bits per heavy atom. The van der Waals surface area contributed by atoms with Crippen molar-refractivity contribution in [1.29, 1.82) is 0 Å². The standard InChI is InChI=1S/C16H15IN2O2/c17-15-10-14(6-7-16(15)19(20)21)18-9-8-13(11-18)12-4-2-1-3-5-12/h1-7,10,13H,8-9,11H2. The summed E-state index contributed by atoms with van der Waals surface area (Å²) in [6, 6.07) is 15.9. The number of nitro groups is 1. The first kappa shape index (κ1) is 14.3. The topological polar surface area (TPSA) is 46.4 Å². The minimum atomic E-state index is -0.331. The van der Waals surface area contributed by atoms with Crippen molar-refractivity contribution in [2.45, 2.75) is 12.3 Å². The van der Waals surface area contributed by atoms with Crippen molar-refractivity contribution in [2.24, 2.45) is 0 Å². The summed E-state index contributed by atoms with van der Waals surface area (Å²) in [6.07, 6.45) is 1.12. The lowest BCUT2D eigenvalue weighted by Crippen LogP contribution is -2.19. The van der Waals surface area contributed by atoms with Gasteiger partial charge in [-0.15, -0.1) is 0 Å². The molecule has 3 rings (SSSR count). The smallest absolute Gasteiger partial charge is 0.282 e. The average Bonchev–Trinajstić information content (AvgIpc) is 2.97. The van der Waals surface area contributed by atoms with E-state index in [0.29, 0.717) is 9.49 Å². The van der Waals surface area contributed by atoms with E-state index in [1.165, 1.54) is 5.56 Å². The lowest BCUT2D eigenvalue weighted by atomic mass is 9.99. The van der Waals surface area contributed by atoms with Crippen molar-refractivity contribution in [2.75, 3.05) is 18.0 Å². The summed E-state index contributed by atoms with van der Waals surface area (Å²) in [7, 11) is 0. The summed E-state index contributed by atoms with van der Waals surface area (Å²) < 4.78 is 0.693. The van der Waals surface area contributed by atoms with Crippen LogP contribution in [0.5, 0.6) is 0 Å². The summed E-state index contributed by atoms with van der Waals surface area (Å²) in [5, 5.41) is 10.9. The quantitative estimate of drug-likeness (QED) is 0.446. The second kappa shape index (κ2) is 6.01. The zero-order valence-electron chi connectivity index (χ0n) is 11.4. The van der Waals surface area contributed by atoms with Crippen LogP contribution >= 0.6 is 22.6 Å². The van der Waals surface area contributed by atoms with E-state index in [1.807, 2.05) is 40.8 Å². The molecule has 2 aromatic carbocycles. The molecule has 21 heavy (non-hydrogen) atoms. The fraction of sp³-hybridized carbons (Fsp3) is 0.250. The van der Waals surface area contributed by atoms with Gasteiger partial charge in [0.15, 0.2) is 0 Å². The molecule has 1 aliphatic rings. The lowest BCUT2D eigenvalue weighted by molar-refractivity contribution is -0.385. The number of rotatable bonds is 3. The van der Waals surface area contributed by atoms with Crippen LogP contribution in [-0.4, -0.2) is 18.0 Å². The summed E-state index contributed by atoms with van der Waals surface area (Å²) >= 11 is 2.04. The molecule has 4 nitrogen and oxygen atoms in total. The van der Waals surface area contributed by atoms with Gasteiger partial charge in [-0.3, -0.25) is 10.1 Å². The molecule has 108 valence electrons. The number of anilines is 1. The van der Waals surface area contributed by atoms with Gasteiger partial charge in [-0.1, -0.05) is 30.3 Å². The van der Waals surface area contributed by atoms with E-state index < -0.39 is 0 Å². The van der Waals surface area contributed by atoms with Crippen LogP contribution in [0.2, 0.25) is 0 Å². The minimum Gasteiger partial charge on any atom is -0.371 e. The normalized spacial score (nSPS) is 18.0. The maximum atomic E-state index is 10.9. The Morgan fingerprint density at radius 3 is 2.62 bits per heavy atom. The average molecular weight is 394 g/mol. The molecule has 0 radical (unpaired) electrons. The number of benzene rings is 2. The van der Waals surface area contributed by atoms with E-state index in [0.717, 1.165) is 25.2 Å². The Bertz CT molecular complexity index is 661. The molecule has 1 aliphatic heterocycles. The molecular formula is C16H15IN2O2. The zero-order valence-corrected chi connectivity index (χ0v) is 13.6. The van der Waals surface area contributed by atoms with Crippen molar-refractivity contribution in [3.63, 3.8) is 0 Å². The van der Waals surface area contributed by atoms with E-state index >= 15 is 0 Å². The molecule has 1 heterocycles. The molecule has 1 saturated heterocycles. The Labute approximate surface area is 137 Å². The fourth-order valence-electron chi connectivity index (χ4n) is 2.83. The van der Waals surface area contributed by atoms with Crippen molar-refractivity contribution in [3.05, 3.63) is 67.8 Å². The van der Waals surface area contributed by atoms with E-state index in [2.05, 4.69) is 29.2 Å². The highest BCUT2D eigenvalue weighted by atomic mass is 127. The number of hydrogen-bond acceptors (Lipinski definition) is 3. The van der Waals surface area contributed by atoms with Gasteiger partial charge < -0.3 is 4.90 Å². The maximum absolute atomic E-state index is 10.9. The molecule has 5 heteroatoms. The Morgan fingerprint density at radius 2 is 1.95 bits per heavy atom. The maximum Gasteiger partial charge on any atom is 0.282 e. The van der Waals surface area contributed by atoms with Gasteiger partial charge in [0, 0.05) is 30.8 Å². The Balaban J connectivity index is 1.77. The highest BCUT2D eigenvalue weighted by Crippen LogP contribution is 2.33. The molecule has 2 aromatic rings. The van der Waals surface area contributed by atoms with E-state index in [4.69, 9.17) is 0 Å². The largest absolute Gasteiger partial charge is 0.371 e. The van der Waals surface area contributed by atoms with E-state index in [9.17, 15) is 10.1 Å². The molecule has 1 fully saturated rings. The molecule has 0 amide bonds. The minimum absolute atomic E-state index is 0.179. The van der Waals surface area contributed by atoms with Crippen LogP contribution in [0, 0.1) is 13.7 Å². The predicted molar refractivity (Wildman–Crippen MR) is 91.8 cm³/mol. The first-order valence-electron chi connectivity index (χ1n) is 6.89. The number of nitro benzene ring substituents is 1. The van der Waals surface area contributed by atoms with Crippen LogP contribution in [-0.2, 0) is 0 Å². The monoisotopic (exact) mass is 394 g/mol. The van der Waals surface area contributed by atoms with Crippen LogP contribution in [0.25, 0.3) is 0 Å². The second-order valence-corrected chi connectivity index (χ2v) is 6.40. The van der Waals surface area contributed by atoms with Crippen molar-refractivity contribution >= 4 is 34.0 Å². The van der Waals surface area contributed by atoms with Gasteiger partial charge in [0.2, 0.25) is 0 Å².